The van der Waals surface area contributed by atoms with E-state index < -0.39 is 16.1 Å². The molecule has 1 N–H and O–H groups in total. The highest BCUT2D eigenvalue weighted by Crippen LogP contribution is 2.36. The molecule has 1 atom stereocenters. The molecular weight excluding hydrogens is 554 g/mol. The predicted molar refractivity (Wildman–Crippen MR) is 155 cm³/mol. The van der Waals surface area contributed by atoms with Crippen molar-refractivity contribution in [2.75, 3.05) is 23.9 Å². The molecule has 4 rings (SSSR count). The van der Waals surface area contributed by atoms with E-state index >= 15 is 0 Å². The Labute approximate surface area is 241 Å². The zero-order valence-electron chi connectivity index (χ0n) is 23.1. The number of benzene rings is 2. The molecule has 0 spiro atoms. The minimum Gasteiger partial charge on any atom is -0.454 e. The number of rotatable bonds is 12. The van der Waals surface area contributed by atoms with Crippen LogP contribution in [-0.4, -0.2) is 56.8 Å². The molecule has 1 heterocycles. The average molecular weight is 592 g/mol. The number of hydrogen-bond acceptors (Lipinski definition) is 6. The van der Waals surface area contributed by atoms with E-state index in [0.717, 1.165) is 37.5 Å². The largest absolute Gasteiger partial charge is 0.454 e. The monoisotopic (exact) mass is 591 g/mol. The van der Waals surface area contributed by atoms with Crippen LogP contribution in [0.2, 0.25) is 5.02 Å². The molecule has 1 saturated carbocycles. The third kappa shape index (κ3) is 7.81. The first-order valence-corrected chi connectivity index (χ1v) is 16.1. The quantitative estimate of drug-likeness (QED) is 0.377. The van der Waals surface area contributed by atoms with Crippen LogP contribution in [0.3, 0.4) is 0 Å². The van der Waals surface area contributed by atoms with E-state index in [1.165, 1.54) is 10.7 Å². The second kappa shape index (κ2) is 13.6. The molecule has 0 unspecified atom stereocenters. The molecule has 9 nitrogen and oxygen atoms in total. The van der Waals surface area contributed by atoms with Crippen LogP contribution in [0.15, 0.2) is 42.5 Å². The first-order chi connectivity index (χ1) is 19.2. The Bertz CT molecular complexity index is 1280. The number of halogens is 1. The summed E-state index contributed by atoms with van der Waals surface area (Å²) in [5.74, 6) is 0.683. The summed E-state index contributed by atoms with van der Waals surface area (Å²) in [6.07, 6.45) is 7.23. The molecule has 0 radical (unpaired) electrons. The second-order valence-corrected chi connectivity index (χ2v) is 12.7. The van der Waals surface area contributed by atoms with E-state index in [1.807, 2.05) is 19.1 Å². The van der Waals surface area contributed by atoms with Crippen molar-refractivity contribution in [2.45, 2.75) is 76.9 Å². The van der Waals surface area contributed by atoms with Crippen LogP contribution in [0, 0.1) is 0 Å². The number of nitrogens with zero attached hydrogens (tertiary/aromatic N) is 2. The number of carbonyl (C=O) groups is 2. The van der Waals surface area contributed by atoms with Gasteiger partial charge in [0.2, 0.25) is 28.6 Å². The standard InChI is InChI=1S/C29H38ClN3O6S/c1-3-25(29(35)31-23-8-5-4-6-9-23)32(19-21-11-13-22(30)14-12-21)28(34)10-7-17-33(40(2,36)37)24-15-16-26-27(18-24)39-20-38-26/h11-16,18,23,25H,3-10,17,19-20H2,1-2H3,(H,31,35)/t25-/m1/s1. The van der Waals surface area contributed by atoms with E-state index in [2.05, 4.69) is 5.32 Å². The molecule has 11 heteroatoms. The van der Waals surface area contributed by atoms with Crippen LogP contribution in [0.4, 0.5) is 5.69 Å². The zero-order valence-corrected chi connectivity index (χ0v) is 24.7. The van der Waals surface area contributed by atoms with E-state index in [9.17, 15) is 18.0 Å². The van der Waals surface area contributed by atoms with E-state index in [1.54, 1.807) is 35.2 Å². The van der Waals surface area contributed by atoms with Gasteiger partial charge in [0, 0.05) is 36.6 Å². The van der Waals surface area contributed by atoms with Crippen LogP contribution in [0.1, 0.15) is 63.9 Å². The minimum absolute atomic E-state index is 0.0807. The molecule has 2 aromatic rings. The highest BCUT2D eigenvalue weighted by molar-refractivity contribution is 7.92. The molecule has 1 aliphatic carbocycles. The van der Waals surface area contributed by atoms with Crippen molar-refractivity contribution in [1.29, 1.82) is 0 Å². The first kappa shape index (κ1) is 30.0. The average Bonchev–Trinajstić information content (AvgIpc) is 3.40. The smallest absolute Gasteiger partial charge is 0.243 e. The number of nitrogens with one attached hydrogen (secondary N) is 1. The summed E-state index contributed by atoms with van der Waals surface area (Å²) >= 11 is 6.06. The second-order valence-electron chi connectivity index (χ2n) is 10.4. The third-order valence-corrected chi connectivity index (χ3v) is 8.85. The topological polar surface area (TPSA) is 105 Å². The number of fused-ring (bicyclic) bond motifs is 1. The van der Waals surface area contributed by atoms with Gasteiger partial charge in [-0.25, -0.2) is 8.42 Å². The normalized spacial score (nSPS) is 15.9. The lowest BCUT2D eigenvalue weighted by Crippen LogP contribution is -2.51. The summed E-state index contributed by atoms with van der Waals surface area (Å²) < 4.78 is 37.3. The van der Waals surface area contributed by atoms with E-state index in [4.69, 9.17) is 21.1 Å². The lowest BCUT2D eigenvalue weighted by Gasteiger charge is -2.33. The maximum absolute atomic E-state index is 13.6. The van der Waals surface area contributed by atoms with Gasteiger partial charge in [-0.2, -0.15) is 0 Å². The van der Waals surface area contributed by atoms with Gasteiger partial charge in [0.25, 0.3) is 0 Å². The molecule has 1 fully saturated rings. The Balaban J connectivity index is 1.47. The van der Waals surface area contributed by atoms with Gasteiger partial charge in [-0.15, -0.1) is 0 Å². The van der Waals surface area contributed by atoms with Crippen molar-refractivity contribution in [1.82, 2.24) is 10.2 Å². The third-order valence-electron chi connectivity index (χ3n) is 7.40. The van der Waals surface area contributed by atoms with Crippen molar-refractivity contribution in [3.63, 3.8) is 0 Å². The van der Waals surface area contributed by atoms with Crippen molar-refractivity contribution >= 4 is 39.1 Å². The van der Waals surface area contributed by atoms with Crippen molar-refractivity contribution < 1.29 is 27.5 Å². The molecule has 40 heavy (non-hydrogen) atoms. The van der Waals surface area contributed by atoms with E-state index in [0.29, 0.717) is 28.6 Å². The fourth-order valence-electron chi connectivity index (χ4n) is 5.29. The maximum Gasteiger partial charge on any atom is 0.243 e. The molecule has 218 valence electrons. The van der Waals surface area contributed by atoms with Crippen LogP contribution in [0.25, 0.3) is 0 Å². The van der Waals surface area contributed by atoms with Gasteiger partial charge in [-0.05, 0) is 55.5 Å². The predicted octanol–water partition coefficient (Wildman–Crippen LogP) is 4.87. The SMILES string of the molecule is CC[C@H](C(=O)NC1CCCCC1)N(Cc1ccc(Cl)cc1)C(=O)CCCN(c1ccc2c(c1)OCO2)S(C)(=O)=O. The number of amides is 2. The zero-order chi connectivity index (χ0) is 28.7. The van der Waals surface area contributed by atoms with Crippen LogP contribution >= 0.6 is 11.6 Å². The van der Waals surface area contributed by atoms with Crippen molar-refractivity contribution in [2.24, 2.45) is 0 Å². The van der Waals surface area contributed by atoms with Crippen molar-refractivity contribution in [3.05, 3.63) is 53.1 Å². The molecule has 2 amide bonds. The summed E-state index contributed by atoms with van der Waals surface area (Å²) in [6.45, 7) is 2.34. The summed E-state index contributed by atoms with van der Waals surface area (Å²) in [6, 6.07) is 11.7. The van der Waals surface area contributed by atoms with Gasteiger partial charge < -0.3 is 19.7 Å². The van der Waals surface area contributed by atoms with Gasteiger partial charge in [0.05, 0.1) is 11.9 Å². The van der Waals surface area contributed by atoms with Crippen LogP contribution in [0.5, 0.6) is 11.5 Å². The van der Waals surface area contributed by atoms with Crippen molar-refractivity contribution in [3.8, 4) is 11.5 Å². The summed E-state index contributed by atoms with van der Waals surface area (Å²) in [5.41, 5.74) is 1.30. The van der Waals surface area contributed by atoms with Crippen LogP contribution < -0.4 is 19.1 Å². The van der Waals surface area contributed by atoms with E-state index in [-0.39, 0.29) is 50.6 Å². The Kier molecular flexibility index (Phi) is 10.2. The molecule has 2 aromatic carbocycles. The number of carbonyl (C=O) groups excluding carboxylic acids is 2. The lowest BCUT2D eigenvalue weighted by atomic mass is 9.95. The summed E-state index contributed by atoms with van der Waals surface area (Å²) in [4.78, 5) is 28.7. The molecule has 1 aliphatic heterocycles. The molecule has 2 aliphatic rings. The Morgan fingerprint density at radius 1 is 1.05 bits per heavy atom. The number of hydrogen-bond donors (Lipinski definition) is 1. The fourth-order valence-corrected chi connectivity index (χ4v) is 6.38. The first-order valence-electron chi connectivity index (χ1n) is 13.9. The van der Waals surface area contributed by atoms with Gasteiger partial charge >= 0.3 is 0 Å². The molecular formula is C29H38ClN3O6S. The maximum atomic E-state index is 13.6. The van der Waals surface area contributed by atoms with Gasteiger partial charge in [0.1, 0.15) is 6.04 Å². The Morgan fingerprint density at radius 3 is 2.42 bits per heavy atom. The molecule has 0 aromatic heterocycles. The summed E-state index contributed by atoms with van der Waals surface area (Å²) in [5, 5.41) is 3.76. The lowest BCUT2D eigenvalue weighted by molar-refractivity contribution is -0.141. The fraction of sp³-hybridized carbons (Fsp3) is 0.517. The van der Waals surface area contributed by atoms with Crippen LogP contribution in [-0.2, 0) is 26.2 Å². The Morgan fingerprint density at radius 2 is 1.75 bits per heavy atom. The van der Waals surface area contributed by atoms with Gasteiger partial charge in [0.15, 0.2) is 11.5 Å². The van der Waals surface area contributed by atoms with Gasteiger partial charge in [-0.1, -0.05) is 49.9 Å². The minimum atomic E-state index is -3.62. The molecule has 0 bridgehead atoms. The highest BCUT2D eigenvalue weighted by atomic mass is 35.5. The highest BCUT2D eigenvalue weighted by Gasteiger charge is 2.30. The number of ether oxygens (including phenoxy) is 2. The number of sulfonamides is 1. The van der Waals surface area contributed by atoms with Gasteiger partial charge in [-0.3, -0.25) is 13.9 Å². The number of anilines is 1. The molecule has 0 saturated heterocycles. The summed E-state index contributed by atoms with van der Waals surface area (Å²) in [7, 11) is -3.62. The Hall–Kier alpha value is -2.98.